The monoisotopic (exact) mass is 847 g/mol. The number of hydrogen-bond acceptors (Lipinski definition) is 13. The summed E-state index contributed by atoms with van der Waals surface area (Å²) < 4.78 is 15.7. The minimum Gasteiger partial charge on any atom is -0.444 e. The molecule has 5 amide bonds. The van der Waals surface area contributed by atoms with Crippen LogP contribution in [0.3, 0.4) is 0 Å². The van der Waals surface area contributed by atoms with Crippen LogP contribution in [0.1, 0.15) is 49.3 Å². The molecule has 61 heavy (non-hydrogen) atoms. The van der Waals surface area contributed by atoms with E-state index >= 15 is 0 Å². The molecule has 0 saturated heterocycles. The molecule has 0 aromatic heterocycles. The van der Waals surface area contributed by atoms with Gasteiger partial charge in [0.2, 0.25) is 17.8 Å². The maximum atomic E-state index is 13.3. The van der Waals surface area contributed by atoms with Crippen LogP contribution in [0, 0.1) is 0 Å². The van der Waals surface area contributed by atoms with E-state index in [1.54, 1.807) is 67.6 Å². The van der Waals surface area contributed by atoms with Gasteiger partial charge in [-0.05, 0) is 49.3 Å². The highest BCUT2D eigenvalue weighted by molar-refractivity contribution is 5.98. The number of rotatable bonds is 24. The molecule has 0 saturated carbocycles. The van der Waals surface area contributed by atoms with Gasteiger partial charge in [-0.1, -0.05) is 91.0 Å². The van der Waals surface area contributed by atoms with Crippen molar-refractivity contribution in [3.8, 4) is 0 Å². The Labute approximate surface area is 353 Å². The highest BCUT2D eigenvalue weighted by atomic mass is 17.2. The first kappa shape index (κ1) is 48.5. The summed E-state index contributed by atoms with van der Waals surface area (Å²) in [4.78, 5) is 94.0. The first-order valence-electron chi connectivity index (χ1n) is 19.4. The zero-order chi connectivity index (χ0) is 44.1. The second-order valence-corrected chi connectivity index (χ2v) is 12.9. The molecule has 328 valence electrons. The highest BCUT2D eigenvalue weighted by Gasteiger charge is 2.24. The number of benzene rings is 3. The zero-order valence-electron chi connectivity index (χ0n) is 33.9. The number of nitrogens with zero attached hydrogens (tertiary/aromatic N) is 3. The second-order valence-electron chi connectivity index (χ2n) is 12.9. The Morgan fingerprint density at radius 3 is 1.95 bits per heavy atom. The maximum Gasteiger partial charge on any atom is 0.437 e. The fraction of sp³-hybridized carbons (Fsp3) is 0.366. The minimum atomic E-state index is -1.03. The first-order chi connectivity index (χ1) is 29.6. The lowest BCUT2D eigenvalue weighted by molar-refractivity contribution is -0.296. The number of carbonyl (C=O) groups excluding carboxylic acids is 6. The van der Waals surface area contributed by atoms with Crippen molar-refractivity contribution in [3.63, 3.8) is 0 Å². The summed E-state index contributed by atoms with van der Waals surface area (Å²) in [7, 11) is 0. The van der Waals surface area contributed by atoms with E-state index in [4.69, 9.17) is 35.5 Å². The van der Waals surface area contributed by atoms with Crippen LogP contribution in [-0.2, 0) is 58.2 Å². The third-order valence-electron chi connectivity index (χ3n) is 8.23. The fourth-order valence-electron chi connectivity index (χ4n) is 5.18. The van der Waals surface area contributed by atoms with E-state index < -0.39 is 54.7 Å². The van der Waals surface area contributed by atoms with E-state index in [9.17, 15) is 28.8 Å². The van der Waals surface area contributed by atoms with Crippen LogP contribution in [0.15, 0.2) is 101 Å². The van der Waals surface area contributed by atoms with E-state index in [1.165, 1.54) is 0 Å². The molecule has 0 heterocycles. The number of guanidine groups is 2. The molecule has 0 aliphatic rings. The lowest BCUT2D eigenvalue weighted by Crippen LogP contribution is -2.49. The molecule has 0 fully saturated rings. The van der Waals surface area contributed by atoms with Gasteiger partial charge in [0, 0.05) is 13.1 Å². The molecule has 0 bridgehead atoms. The van der Waals surface area contributed by atoms with Crippen LogP contribution in [0.25, 0.3) is 0 Å². The number of nitrogens with two attached hydrogens (primary N) is 2. The summed E-state index contributed by atoms with van der Waals surface area (Å²) in [6.45, 7) is 1.14. The number of nitrogens with one attached hydrogen (secondary N) is 4. The van der Waals surface area contributed by atoms with Crippen molar-refractivity contribution >= 4 is 48.3 Å². The third kappa shape index (κ3) is 20.6. The van der Waals surface area contributed by atoms with Crippen molar-refractivity contribution in [2.75, 3.05) is 33.0 Å². The van der Waals surface area contributed by atoms with Gasteiger partial charge in [0.15, 0.2) is 5.96 Å². The number of aliphatic imine (C=N–C) groups is 2. The predicted octanol–water partition coefficient (Wildman–Crippen LogP) is 2.76. The third-order valence-corrected chi connectivity index (χ3v) is 8.23. The summed E-state index contributed by atoms with van der Waals surface area (Å²) in [6, 6.07) is 25.0. The predicted molar refractivity (Wildman–Crippen MR) is 222 cm³/mol. The van der Waals surface area contributed by atoms with Gasteiger partial charge >= 0.3 is 18.3 Å². The van der Waals surface area contributed by atoms with Crippen LogP contribution in [-0.4, -0.2) is 98.3 Å². The molecule has 20 nitrogen and oxygen atoms in total. The van der Waals surface area contributed by atoms with Gasteiger partial charge in [-0.2, -0.15) is 0 Å². The van der Waals surface area contributed by atoms with Crippen molar-refractivity contribution in [1.82, 2.24) is 26.2 Å². The fourth-order valence-corrected chi connectivity index (χ4v) is 5.18. The number of amides is 5. The molecule has 0 aliphatic carbocycles. The average molecular weight is 848 g/mol. The molecule has 2 atom stereocenters. The van der Waals surface area contributed by atoms with Crippen LogP contribution < -0.4 is 32.7 Å². The number of ether oxygens (including phenoxy) is 3. The SMILES string of the molecule is CCOOCN[C@H](CCCN(C(=O)OCc1ccccc1)C(N)=NC(=O)OCc1ccccc1)C(=O)NCC(=O)N[C@H](C=O)CCCN=C(N)NC(=O)OCc1ccccc1. The number of aldehydes is 1. The Hall–Kier alpha value is -6.90. The molecule has 3 rings (SSSR count). The van der Waals surface area contributed by atoms with E-state index in [0.717, 1.165) is 10.5 Å². The first-order valence-corrected chi connectivity index (χ1v) is 19.4. The standard InChI is InChI=1S/C41H53N9O11/c1-2-60-61-29-46-34(36(53)45-24-35(52)47-33(25-51)20-12-22-44-37(42)48-39(54)57-26-30-14-6-3-7-15-30)21-13-23-50(41(56)59-28-32-18-10-5-11-19-32)38(43)49-40(55)58-27-31-16-8-4-9-17-31/h3-11,14-19,25,33-34,46H,2,12-13,20-24,26-29H2,1H3,(H,45,53)(H,47,52)(H2,43,49,55)(H3,42,44,48,54)/t33-,34+/m0/s1. The summed E-state index contributed by atoms with van der Waals surface area (Å²) in [5, 5.41) is 10.2. The van der Waals surface area contributed by atoms with Crippen molar-refractivity contribution in [2.45, 2.75) is 64.5 Å². The molecular weight excluding hydrogens is 795 g/mol. The molecule has 0 spiro atoms. The molecule has 0 unspecified atom stereocenters. The Bertz CT molecular complexity index is 1870. The average Bonchev–Trinajstić information content (AvgIpc) is 3.27. The summed E-state index contributed by atoms with van der Waals surface area (Å²) in [5.74, 6) is -1.91. The quantitative estimate of drug-likeness (QED) is 0.0111. The van der Waals surface area contributed by atoms with Gasteiger partial charge in [-0.15, -0.1) is 4.99 Å². The summed E-state index contributed by atoms with van der Waals surface area (Å²) in [5.41, 5.74) is 14.1. The van der Waals surface area contributed by atoms with Gasteiger partial charge < -0.3 is 41.1 Å². The Kier molecular flexibility index (Phi) is 22.7. The second kappa shape index (κ2) is 28.5. The van der Waals surface area contributed by atoms with Crippen molar-refractivity contribution in [2.24, 2.45) is 21.5 Å². The van der Waals surface area contributed by atoms with Gasteiger partial charge in [-0.3, -0.25) is 25.2 Å². The van der Waals surface area contributed by atoms with E-state index in [2.05, 4.69) is 31.3 Å². The van der Waals surface area contributed by atoms with Crippen LogP contribution >= 0.6 is 0 Å². The number of carbonyl (C=O) groups is 6. The molecule has 20 heteroatoms. The topological polar surface area (TPSA) is 277 Å². The Morgan fingerprint density at radius 1 is 0.770 bits per heavy atom. The summed E-state index contributed by atoms with van der Waals surface area (Å²) >= 11 is 0. The van der Waals surface area contributed by atoms with Gasteiger partial charge in [0.05, 0.1) is 25.2 Å². The number of hydrogen-bond donors (Lipinski definition) is 6. The van der Waals surface area contributed by atoms with E-state index in [1.807, 2.05) is 30.3 Å². The number of alkyl carbamates (subject to hydrolysis) is 1. The molecule has 0 radical (unpaired) electrons. The molecule has 3 aromatic carbocycles. The normalized spacial score (nSPS) is 12.3. The van der Waals surface area contributed by atoms with Crippen molar-refractivity contribution in [3.05, 3.63) is 108 Å². The lowest BCUT2D eigenvalue weighted by atomic mass is 10.1. The maximum absolute atomic E-state index is 13.3. The minimum absolute atomic E-state index is 0.0512. The highest BCUT2D eigenvalue weighted by Crippen LogP contribution is 2.08. The lowest BCUT2D eigenvalue weighted by Gasteiger charge is -2.23. The van der Waals surface area contributed by atoms with Gasteiger partial charge in [0.1, 0.15) is 32.8 Å². The van der Waals surface area contributed by atoms with Crippen molar-refractivity contribution in [1.29, 1.82) is 0 Å². The van der Waals surface area contributed by atoms with Crippen LogP contribution in [0.5, 0.6) is 0 Å². The summed E-state index contributed by atoms with van der Waals surface area (Å²) in [6.07, 6.45) is -1.46. The zero-order valence-corrected chi connectivity index (χ0v) is 33.9. The molecule has 0 aliphatic heterocycles. The van der Waals surface area contributed by atoms with E-state index in [-0.39, 0.29) is 71.5 Å². The van der Waals surface area contributed by atoms with Crippen molar-refractivity contribution < 1.29 is 52.8 Å². The van der Waals surface area contributed by atoms with Gasteiger partial charge in [-0.25, -0.2) is 29.1 Å². The van der Waals surface area contributed by atoms with Gasteiger partial charge in [0.25, 0.3) is 0 Å². The Morgan fingerprint density at radius 2 is 1.36 bits per heavy atom. The molecule has 3 aromatic rings. The van der Waals surface area contributed by atoms with E-state index in [0.29, 0.717) is 23.8 Å². The molecular formula is C41H53N9O11. The van der Waals surface area contributed by atoms with Crippen LogP contribution in [0.4, 0.5) is 14.4 Å². The molecule has 8 N–H and O–H groups in total. The van der Waals surface area contributed by atoms with Crippen LogP contribution in [0.2, 0.25) is 0 Å². The smallest absolute Gasteiger partial charge is 0.437 e. The largest absolute Gasteiger partial charge is 0.444 e. The Balaban J connectivity index is 1.52.